The number of anilines is 1. The molecule has 0 bridgehead atoms. The van der Waals surface area contributed by atoms with Crippen LogP contribution in [0.4, 0.5) is 5.95 Å². The van der Waals surface area contributed by atoms with Gasteiger partial charge < -0.3 is 14.6 Å². The zero-order chi connectivity index (χ0) is 15.1. The number of hydrogen-bond donors (Lipinski definition) is 1. The third-order valence-corrected chi connectivity index (χ3v) is 4.53. The van der Waals surface area contributed by atoms with Gasteiger partial charge in [-0.15, -0.1) is 0 Å². The van der Waals surface area contributed by atoms with Crippen molar-refractivity contribution in [2.24, 2.45) is 11.8 Å². The molecule has 4 nitrogen and oxygen atoms in total. The Morgan fingerprint density at radius 1 is 1.43 bits per heavy atom. The lowest BCUT2D eigenvalue weighted by atomic mass is 9.81. The standard InChI is InChI=1S/C17H31N3O/c1-14-6-4-7-16(12-14)8-9-18-17-19-15(2)13-20(17)10-5-11-21-3/h13-14,16H,4-12H2,1-3H3,(H,18,19). The second kappa shape index (κ2) is 8.42. The number of hydrogen-bond acceptors (Lipinski definition) is 3. The van der Waals surface area contributed by atoms with Crippen molar-refractivity contribution in [2.45, 2.75) is 58.9 Å². The van der Waals surface area contributed by atoms with Gasteiger partial charge in [0.1, 0.15) is 0 Å². The minimum atomic E-state index is 0.802. The monoisotopic (exact) mass is 293 g/mol. The van der Waals surface area contributed by atoms with Crippen molar-refractivity contribution < 1.29 is 4.74 Å². The topological polar surface area (TPSA) is 39.1 Å². The first-order valence-electron chi connectivity index (χ1n) is 8.45. The molecule has 0 aromatic carbocycles. The SMILES string of the molecule is COCCCn1cc(C)nc1NCCC1CCCC(C)C1. The van der Waals surface area contributed by atoms with Crippen LogP contribution in [0.1, 0.15) is 51.1 Å². The van der Waals surface area contributed by atoms with Crippen LogP contribution in [0.2, 0.25) is 0 Å². The Balaban J connectivity index is 1.76. The lowest BCUT2D eigenvalue weighted by Crippen LogP contribution is -2.17. The first kappa shape index (κ1) is 16.3. The lowest BCUT2D eigenvalue weighted by molar-refractivity contribution is 0.190. The first-order valence-corrected chi connectivity index (χ1v) is 8.45. The maximum Gasteiger partial charge on any atom is 0.203 e. The Bertz CT molecular complexity index is 416. The van der Waals surface area contributed by atoms with Gasteiger partial charge in [-0.05, 0) is 38.0 Å². The molecule has 1 aromatic heterocycles. The van der Waals surface area contributed by atoms with E-state index in [1.165, 1.54) is 32.1 Å². The molecule has 21 heavy (non-hydrogen) atoms. The van der Waals surface area contributed by atoms with E-state index in [0.29, 0.717) is 0 Å². The van der Waals surface area contributed by atoms with Crippen LogP contribution >= 0.6 is 0 Å². The van der Waals surface area contributed by atoms with E-state index in [9.17, 15) is 0 Å². The average Bonchev–Trinajstić information content (AvgIpc) is 2.80. The van der Waals surface area contributed by atoms with Crippen LogP contribution in [0.5, 0.6) is 0 Å². The number of methoxy groups -OCH3 is 1. The summed E-state index contributed by atoms with van der Waals surface area (Å²) in [4.78, 5) is 4.60. The fourth-order valence-corrected chi connectivity index (χ4v) is 3.45. The minimum absolute atomic E-state index is 0.802. The van der Waals surface area contributed by atoms with E-state index in [2.05, 4.69) is 34.9 Å². The lowest BCUT2D eigenvalue weighted by Gasteiger charge is -2.26. The van der Waals surface area contributed by atoms with Crippen molar-refractivity contribution in [1.82, 2.24) is 9.55 Å². The van der Waals surface area contributed by atoms with Crippen molar-refractivity contribution in [3.05, 3.63) is 11.9 Å². The zero-order valence-corrected chi connectivity index (χ0v) is 13.9. The third kappa shape index (κ3) is 5.34. The largest absolute Gasteiger partial charge is 0.385 e. The molecule has 1 N–H and O–H groups in total. The number of imidazole rings is 1. The summed E-state index contributed by atoms with van der Waals surface area (Å²) in [5.74, 6) is 2.84. The van der Waals surface area contributed by atoms with Crippen LogP contribution in [0.25, 0.3) is 0 Å². The van der Waals surface area contributed by atoms with Crippen LogP contribution in [0.3, 0.4) is 0 Å². The van der Waals surface area contributed by atoms with Crippen molar-refractivity contribution in [1.29, 1.82) is 0 Å². The Morgan fingerprint density at radius 2 is 2.29 bits per heavy atom. The van der Waals surface area contributed by atoms with Gasteiger partial charge in [0.15, 0.2) is 0 Å². The maximum absolute atomic E-state index is 5.13. The molecule has 0 radical (unpaired) electrons. The molecule has 1 aliphatic rings. The fraction of sp³-hybridized carbons (Fsp3) is 0.824. The van der Waals surface area contributed by atoms with Gasteiger partial charge in [0, 0.05) is 33.0 Å². The summed E-state index contributed by atoms with van der Waals surface area (Å²) in [5, 5.41) is 3.53. The highest BCUT2D eigenvalue weighted by Crippen LogP contribution is 2.30. The minimum Gasteiger partial charge on any atom is -0.385 e. The van der Waals surface area contributed by atoms with Gasteiger partial charge in [0.2, 0.25) is 5.95 Å². The molecule has 1 aromatic rings. The van der Waals surface area contributed by atoms with Gasteiger partial charge >= 0.3 is 0 Å². The summed E-state index contributed by atoms with van der Waals surface area (Å²) < 4.78 is 7.35. The van der Waals surface area contributed by atoms with Crippen LogP contribution < -0.4 is 5.32 Å². The van der Waals surface area contributed by atoms with Crippen LogP contribution in [0.15, 0.2) is 6.20 Å². The fourth-order valence-electron chi connectivity index (χ4n) is 3.45. The van der Waals surface area contributed by atoms with Gasteiger partial charge in [0.25, 0.3) is 0 Å². The van der Waals surface area contributed by atoms with E-state index in [1.807, 2.05) is 0 Å². The molecular formula is C17H31N3O. The van der Waals surface area contributed by atoms with Crippen molar-refractivity contribution in [3.8, 4) is 0 Å². The molecule has 1 fully saturated rings. The predicted octanol–water partition coefficient (Wildman–Crippen LogP) is 3.86. The molecule has 0 amide bonds. The van der Waals surface area contributed by atoms with Crippen LogP contribution in [-0.4, -0.2) is 29.8 Å². The molecule has 1 aliphatic carbocycles. The molecule has 0 saturated heterocycles. The summed E-state index contributed by atoms with van der Waals surface area (Å²) >= 11 is 0. The Labute approximate surface area is 129 Å². The zero-order valence-electron chi connectivity index (χ0n) is 13.9. The summed E-state index contributed by atoms with van der Waals surface area (Å²) in [6.07, 6.45) is 10.1. The Kier molecular flexibility index (Phi) is 6.55. The molecule has 0 aliphatic heterocycles. The highest BCUT2D eigenvalue weighted by atomic mass is 16.5. The van der Waals surface area contributed by atoms with Crippen molar-refractivity contribution in [3.63, 3.8) is 0 Å². The summed E-state index contributed by atoms with van der Waals surface area (Å²) in [5.41, 5.74) is 1.08. The van der Waals surface area contributed by atoms with Gasteiger partial charge in [-0.25, -0.2) is 4.98 Å². The van der Waals surface area contributed by atoms with Crippen LogP contribution in [-0.2, 0) is 11.3 Å². The summed E-state index contributed by atoms with van der Waals surface area (Å²) in [6.45, 7) is 7.26. The second-order valence-corrected chi connectivity index (χ2v) is 6.60. The third-order valence-electron chi connectivity index (χ3n) is 4.53. The highest BCUT2D eigenvalue weighted by molar-refractivity contribution is 5.28. The number of aromatic nitrogens is 2. The van der Waals surface area contributed by atoms with E-state index in [-0.39, 0.29) is 0 Å². The van der Waals surface area contributed by atoms with E-state index in [4.69, 9.17) is 4.74 Å². The first-order chi connectivity index (χ1) is 10.2. The van der Waals surface area contributed by atoms with Crippen molar-refractivity contribution >= 4 is 5.95 Å². The Morgan fingerprint density at radius 3 is 3.05 bits per heavy atom. The highest BCUT2D eigenvalue weighted by Gasteiger charge is 2.18. The van der Waals surface area contributed by atoms with Gasteiger partial charge in [-0.1, -0.05) is 26.2 Å². The summed E-state index contributed by atoms with van der Waals surface area (Å²) in [6, 6.07) is 0. The maximum atomic E-state index is 5.13. The normalized spacial score (nSPS) is 22.4. The number of rotatable bonds is 8. The number of ether oxygens (including phenoxy) is 1. The molecule has 1 saturated carbocycles. The smallest absolute Gasteiger partial charge is 0.203 e. The van der Waals surface area contributed by atoms with E-state index in [0.717, 1.165) is 49.6 Å². The molecule has 120 valence electrons. The number of nitrogens with zero attached hydrogens (tertiary/aromatic N) is 2. The number of aryl methyl sites for hydroxylation is 2. The quantitative estimate of drug-likeness (QED) is 0.740. The van der Waals surface area contributed by atoms with Gasteiger partial charge in [-0.2, -0.15) is 0 Å². The molecular weight excluding hydrogens is 262 g/mol. The molecule has 1 heterocycles. The van der Waals surface area contributed by atoms with Crippen LogP contribution in [0, 0.1) is 18.8 Å². The van der Waals surface area contributed by atoms with Gasteiger partial charge in [-0.3, -0.25) is 0 Å². The van der Waals surface area contributed by atoms with Crippen molar-refractivity contribution in [2.75, 3.05) is 25.6 Å². The van der Waals surface area contributed by atoms with E-state index in [1.54, 1.807) is 7.11 Å². The molecule has 0 spiro atoms. The predicted molar refractivity (Wildman–Crippen MR) is 87.7 cm³/mol. The molecule has 4 heteroatoms. The second-order valence-electron chi connectivity index (χ2n) is 6.60. The van der Waals surface area contributed by atoms with E-state index < -0.39 is 0 Å². The van der Waals surface area contributed by atoms with E-state index >= 15 is 0 Å². The van der Waals surface area contributed by atoms with Gasteiger partial charge in [0.05, 0.1) is 5.69 Å². The average molecular weight is 293 g/mol. The molecule has 2 unspecified atom stereocenters. The summed E-state index contributed by atoms with van der Waals surface area (Å²) in [7, 11) is 1.75. The number of nitrogens with one attached hydrogen (secondary N) is 1. The molecule has 2 rings (SSSR count). The molecule has 2 atom stereocenters. The Hall–Kier alpha value is -1.03.